The Morgan fingerprint density at radius 3 is 2.40 bits per heavy atom. The number of hydrogen-bond acceptors (Lipinski definition) is 2. The SMILES string of the molecule is Cc1cc(N)ccc1-c1ccccc1OCC(F)(F)F. The number of benzene rings is 2. The van der Waals surface area contributed by atoms with Gasteiger partial charge in [0.25, 0.3) is 0 Å². The van der Waals surface area contributed by atoms with Crippen LogP contribution in [0.3, 0.4) is 0 Å². The monoisotopic (exact) mass is 281 g/mol. The van der Waals surface area contributed by atoms with E-state index in [2.05, 4.69) is 0 Å². The van der Waals surface area contributed by atoms with Gasteiger partial charge in [-0.25, -0.2) is 0 Å². The van der Waals surface area contributed by atoms with Gasteiger partial charge in [0.15, 0.2) is 6.61 Å². The van der Waals surface area contributed by atoms with Gasteiger partial charge in [0.1, 0.15) is 5.75 Å². The molecule has 0 atom stereocenters. The lowest BCUT2D eigenvalue weighted by molar-refractivity contribution is -0.153. The third-order valence-corrected chi connectivity index (χ3v) is 2.82. The third-order valence-electron chi connectivity index (χ3n) is 2.82. The first-order valence-electron chi connectivity index (χ1n) is 6.02. The maximum Gasteiger partial charge on any atom is 0.422 e. The molecule has 0 aromatic heterocycles. The number of nitrogen functional groups attached to an aromatic ring is 1. The van der Waals surface area contributed by atoms with Gasteiger partial charge < -0.3 is 10.5 Å². The smallest absolute Gasteiger partial charge is 0.422 e. The van der Waals surface area contributed by atoms with Gasteiger partial charge in [0.05, 0.1) is 0 Å². The quantitative estimate of drug-likeness (QED) is 0.856. The standard InChI is InChI=1S/C15H14F3NO/c1-10-8-11(19)6-7-12(10)13-4-2-3-5-14(13)20-9-15(16,17)18/h2-8H,9,19H2,1H3. The van der Waals surface area contributed by atoms with Gasteiger partial charge in [-0.15, -0.1) is 0 Å². The van der Waals surface area contributed by atoms with Gasteiger partial charge in [0, 0.05) is 11.3 Å². The van der Waals surface area contributed by atoms with Crippen molar-refractivity contribution in [3.05, 3.63) is 48.0 Å². The molecule has 5 heteroatoms. The number of para-hydroxylation sites is 1. The lowest BCUT2D eigenvalue weighted by Crippen LogP contribution is -2.19. The maximum absolute atomic E-state index is 12.3. The van der Waals surface area contributed by atoms with Crippen LogP contribution in [0.1, 0.15) is 5.56 Å². The number of rotatable bonds is 3. The van der Waals surface area contributed by atoms with Crippen molar-refractivity contribution in [2.24, 2.45) is 0 Å². The molecule has 2 N–H and O–H groups in total. The lowest BCUT2D eigenvalue weighted by atomic mass is 9.99. The van der Waals surface area contributed by atoms with E-state index in [4.69, 9.17) is 10.5 Å². The molecule has 0 aliphatic heterocycles. The Hall–Kier alpha value is -2.17. The largest absolute Gasteiger partial charge is 0.483 e. The molecule has 0 spiro atoms. The van der Waals surface area contributed by atoms with E-state index in [1.165, 1.54) is 6.07 Å². The van der Waals surface area contributed by atoms with Crippen LogP contribution in [0.5, 0.6) is 5.75 Å². The van der Waals surface area contributed by atoms with Crippen molar-refractivity contribution in [1.82, 2.24) is 0 Å². The number of anilines is 1. The Balaban J connectivity index is 2.37. The van der Waals surface area contributed by atoms with Gasteiger partial charge in [-0.1, -0.05) is 24.3 Å². The average Bonchev–Trinajstić information content (AvgIpc) is 2.36. The predicted octanol–water partition coefficient (Wildman–Crippen LogP) is 4.19. The van der Waals surface area contributed by atoms with Crippen molar-refractivity contribution < 1.29 is 17.9 Å². The summed E-state index contributed by atoms with van der Waals surface area (Å²) in [5.74, 6) is 0.206. The van der Waals surface area contributed by atoms with Crippen molar-refractivity contribution >= 4 is 5.69 Å². The van der Waals surface area contributed by atoms with E-state index < -0.39 is 12.8 Å². The summed E-state index contributed by atoms with van der Waals surface area (Å²) in [6.07, 6.45) is -4.36. The molecule has 0 bridgehead atoms. The highest BCUT2D eigenvalue weighted by Crippen LogP contribution is 2.33. The lowest BCUT2D eigenvalue weighted by Gasteiger charge is -2.14. The fraction of sp³-hybridized carbons (Fsp3) is 0.200. The molecule has 2 aromatic rings. The predicted molar refractivity (Wildman–Crippen MR) is 72.6 cm³/mol. The minimum atomic E-state index is -4.36. The second kappa shape index (κ2) is 5.45. The number of alkyl halides is 3. The van der Waals surface area contributed by atoms with E-state index in [1.807, 2.05) is 6.92 Å². The molecule has 2 aromatic carbocycles. The van der Waals surface area contributed by atoms with Crippen LogP contribution in [0.4, 0.5) is 18.9 Å². The number of nitrogens with two attached hydrogens (primary N) is 1. The molecule has 2 nitrogen and oxygen atoms in total. The summed E-state index contributed by atoms with van der Waals surface area (Å²) in [5.41, 5.74) is 8.60. The molecular weight excluding hydrogens is 267 g/mol. The van der Waals surface area contributed by atoms with Crippen molar-refractivity contribution in [2.75, 3.05) is 12.3 Å². The van der Waals surface area contributed by atoms with Crippen molar-refractivity contribution in [1.29, 1.82) is 0 Å². The number of aryl methyl sites for hydroxylation is 1. The first-order valence-corrected chi connectivity index (χ1v) is 6.02. The van der Waals surface area contributed by atoms with E-state index in [0.29, 0.717) is 11.3 Å². The zero-order valence-corrected chi connectivity index (χ0v) is 10.9. The molecular formula is C15H14F3NO. The van der Waals surface area contributed by atoms with E-state index >= 15 is 0 Å². The summed E-state index contributed by atoms with van der Waals surface area (Å²) in [5, 5.41) is 0. The molecule has 0 aliphatic rings. The van der Waals surface area contributed by atoms with Crippen molar-refractivity contribution in [3.8, 4) is 16.9 Å². The van der Waals surface area contributed by atoms with Crippen molar-refractivity contribution in [2.45, 2.75) is 13.1 Å². The molecule has 20 heavy (non-hydrogen) atoms. The van der Waals surface area contributed by atoms with Crippen LogP contribution < -0.4 is 10.5 Å². The first kappa shape index (κ1) is 14.2. The van der Waals surface area contributed by atoms with Crippen LogP contribution in [-0.2, 0) is 0 Å². The highest BCUT2D eigenvalue weighted by atomic mass is 19.4. The molecule has 0 saturated heterocycles. The van der Waals surface area contributed by atoms with E-state index in [-0.39, 0.29) is 5.75 Å². The Labute approximate surface area is 115 Å². The highest BCUT2D eigenvalue weighted by molar-refractivity contribution is 5.74. The molecule has 0 heterocycles. The Morgan fingerprint density at radius 2 is 1.75 bits per heavy atom. The van der Waals surface area contributed by atoms with E-state index in [1.54, 1.807) is 36.4 Å². The first-order chi connectivity index (χ1) is 9.37. The molecule has 0 unspecified atom stereocenters. The topological polar surface area (TPSA) is 35.2 Å². The summed E-state index contributed by atoms with van der Waals surface area (Å²) in [6.45, 7) is 0.546. The summed E-state index contributed by atoms with van der Waals surface area (Å²) in [7, 11) is 0. The molecule has 0 amide bonds. The molecule has 0 fully saturated rings. The highest BCUT2D eigenvalue weighted by Gasteiger charge is 2.28. The van der Waals surface area contributed by atoms with Crippen LogP contribution in [0.2, 0.25) is 0 Å². The van der Waals surface area contributed by atoms with Crippen LogP contribution in [0, 0.1) is 6.92 Å². The summed E-state index contributed by atoms with van der Waals surface area (Å²) < 4.78 is 41.7. The normalized spacial score (nSPS) is 11.4. The number of halogens is 3. The fourth-order valence-corrected chi connectivity index (χ4v) is 1.96. The molecule has 0 aliphatic carbocycles. The van der Waals surface area contributed by atoms with E-state index in [9.17, 15) is 13.2 Å². The summed E-state index contributed by atoms with van der Waals surface area (Å²) in [4.78, 5) is 0. The Morgan fingerprint density at radius 1 is 1.05 bits per heavy atom. The fourth-order valence-electron chi connectivity index (χ4n) is 1.96. The number of hydrogen-bond donors (Lipinski definition) is 1. The van der Waals surface area contributed by atoms with Crippen LogP contribution in [0.25, 0.3) is 11.1 Å². The zero-order valence-electron chi connectivity index (χ0n) is 10.9. The Kier molecular flexibility index (Phi) is 3.88. The molecule has 0 saturated carbocycles. The second-order valence-corrected chi connectivity index (χ2v) is 4.47. The summed E-state index contributed by atoms with van der Waals surface area (Å²) >= 11 is 0. The zero-order chi connectivity index (χ0) is 14.8. The van der Waals surface area contributed by atoms with Crippen molar-refractivity contribution in [3.63, 3.8) is 0 Å². The average molecular weight is 281 g/mol. The van der Waals surface area contributed by atoms with Crippen LogP contribution in [-0.4, -0.2) is 12.8 Å². The Bertz CT molecular complexity index is 608. The van der Waals surface area contributed by atoms with Crippen LogP contribution in [0.15, 0.2) is 42.5 Å². The molecule has 106 valence electrons. The van der Waals surface area contributed by atoms with Crippen LogP contribution >= 0.6 is 0 Å². The summed E-state index contributed by atoms with van der Waals surface area (Å²) in [6, 6.07) is 11.9. The molecule has 2 rings (SSSR count). The maximum atomic E-state index is 12.3. The van der Waals surface area contributed by atoms with Gasteiger partial charge in [-0.2, -0.15) is 13.2 Å². The third kappa shape index (κ3) is 3.44. The van der Waals surface area contributed by atoms with Gasteiger partial charge in [-0.05, 0) is 36.2 Å². The van der Waals surface area contributed by atoms with Gasteiger partial charge in [0.2, 0.25) is 0 Å². The van der Waals surface area contributed by atoms with Gasteiger partial charge in [-0.3, -0.25) is 0 Å². The van der Waals surface area contributed by atoms with Gasteiger partial charge >= 0.3 is 6.18 Å². The minimum Gasteiger partial charge on any atom is -0.483 e. The minimum absolute atomic E-state index is 0.206. The van der Waals surface area contributed by atoms with E-state index in [0.717, 1.165) is 11.1 Å². The number of ether oxygens (including phenoxy) is 1. The second-order valence-electron chi connectivity index (χ2n) is 4.47. The molecule has 0 radical (unpaired) electrons.